The van der Waals surface area contributed by atoms with Crippen molar-refractivity contribution in [2.24, 2.45) is 0 Å². The van der Waals surface area contributed by atoms with Crippen molar-refractivity contribution in [2.45, 2.75) is 32.7 Å². The van der Waals surface area contributed by atoms with Gasteiger partial charge in [0.25, 0.3) is 5.91 Å². The van der Waals surface area contributed by atoms with Crippen molar-refractivity contribution < 1.29 is 9.21 Å². The number of aromatic nitrogens is 5. The minimum absolute atomic E-state index is 0.147. The molecule has 0 aliphatic rings. The molecule has 1 amide bonds. The number of amides is 1. The average Bonchev–Trinajstić information content (AvgIpc) is 3.14. The zero-order chi connectivity index (χ0) is 15.7. The summed E-state index contributed by atoms with van der Waals surface area (Å²) < 4.78 is 7.21. The van der Waals surface area contributed by atoms with Gasteiger partial charge < -0.3 is 9.73 Å². The summed E-state index contributed by atoms with van der Waals surface area (Å²) in [6, 6.07) is 1.37. The maximum absolute atomic E-state index is 12.2. The van der Waals surface area contributed by atoms with Crippen LogP contribution in [0, 0.1) is 0 Å². The molecule has 3 heterocycles. The van der Waals surface area contributed by atoms with E-state index in [4.69, 9.17) is 4.42 Å². The van der Waals surface area contributed by atoms with E-state index in [-0.39, 0.29) is 17.5 Å². The normalized spacial score (nSPS) is 12.7. The van der Waals surface area contributed by atoms with Gasteiger partial charge in [-0.15, -0.1) is 10.2 Å². The largest absolute Gasteiger partial charge is 0.423 e. The molecule has 114 valence electrons. The first kappa shape index (κ1) is 14.2. The molecule has 0 spiro atoms. The zero-order valence-corrected chi connectivity index (χ0v) is 12.5. The predicted molar refractivity (Wildman–Crippen MR) is 77.3 cm³/mol. The molecule has 0 saturated carbocycles. The van der Waals surface area contributed by atoms with Gasteiger partial charge in [-0.25, -0.2) is 9.97 Å². The molecule has 3 rings (SSSR count). The smallest absolute Gasteiger partial charge is 0.272 e. The number of carbonyl (C=O) groups excluding carboxylic acids is 1. The van der Waals surface area contributed by atoms with Crippen LogP contribution in [0.1, 0.15) is 55.0 Å². The molecule has 3 aromatic heterocycles. The van der Waals surface area contributed by atoms with Crippen molar-refractivity contribution in [3.8, 4) is 0 Å². The van der Waals surface area contributed by atoms with Crippen molar-refractivity contribution in [1.29, 1.82) is 0 Å². The molecular weight excluding hydrogens is 284 g/mol. The van der Waals surface area contributed by atoms with E-state index < -0.39 is 6.04 Å². The molecule has 0 bridgehead atoms. The van der Waals surface area contributed by atoms with Crippen LogP contribution in [0.5, 0.6) is 0 Å². The van der Waals surface area contributed by atoms with Gasteiger partial charge in [-0.3, -0.25) is 9.20 Å². The average molecular weight is 300 g/mol. The van der Waals surface area contributed by atoms with Gasteiger partial charge in [0.2, 0.25) is 17.6 Å². The number of hydrogen-bond donors (Lipinski definition) is 1. The third kappa shape index (κ3) is 2.67. The molecule has 1 atom stereocenters. The Balaban J connectivity index is 1.75. The maximum atomic E-state index is 12.2. The summed E-state index contributed by atoms with van der Waals surface area (Å²) >= 11 is 0. The Bertz CT molecular complexity index is 773. The Hall–Kier alpha value is -2.77. The quantitative estimate of drug-likeness (QED) is 0.788. The van der Waals surface area contributed by atoms with Crippen LogP contribution in [0.2, 0.25) is 0 Å². The second kappa shape index (κ2) is 5.55. The lowest BCUT2D eigenvalue weighted by molar-refractivity contribution is 0.0929. The van der Waals surface area contributed by atoms with Crippen molar-refractivity contribution in [3.05, 3.63) is 42.1 Å². The fourth-order valence-electron chi connectivity index (χ4n) is 1.93. The van der Waals surface area contributed by atoms with Crippen LogP contribution in [0.4, 0.5) is 0 Å². The van der Waals surface area contributed by atoms with Crippen molar-refractivity contribution >= 4 is 11.7 Å². The van der Waals surface area contributed by atoms with Crippen LogP contribution in [-0.4, -0.2) is 30.5 Å². The predicted octanol–water partition coefficient (Wildman–Crippen LogP) is 1.73. The molecule has 22 heavy (non-hydrogen) atoms. The molecule has 0 aliphatic heterocycles. The second-order valence-electron chi connectivity index (χ2n) is 5.28. The van der Waals surface area contributed by atoms with E-state index in [1.165, 1.54) is 0 Å². The highest BCUT2D eigenvalue weighted by atomic mass is 16.4. The molecule has 0 fully saturated rings. The Labute approximate surface area is 126 Å². The van der Waals surface area contributed by atoms with Crippen LogP contribution in [-0.2, 0) is 0 Å². The van der Waals surface area contributed by atoms with Crippen molar-refractivity contribution in [2.75, 3.05) is 0 Å². The Kier molecular flexibility index (Phi) is 3.58. The Morgan fingerprint density at radius 1 is 1.27 bits per heavy atom. The lowest BCUT2D eigenvalue weighted by Gasteiger charge is -2.08. The molecule has 0 radical (unpaired) electrons. The standard InChI is InChI=1S/C14H16N6O2/c1-8(2)12-18-19-13(22-12)9(3)16-11(21)10-7-20-6-4-5-15-14(20)17-10/h4-9H,1-3H3,(H,16,21). The molecule has 0 aromatic carbocycles. The molecule has 0 aliphatic carbocycles. The zero-order valence-electron chi connectivity index (χ0n) is 12.5. The third-order valence-electron chi connectivity index (χ3n) is 3.14. The van der Waals surface area contributed by atoms with Crippen LogP contribution in [0.3, 0.4) is 0 Å². The summed E-state index contributed by atoms with van der Waals surface area (Å²) in [6.07, 6.45) is 5.03. The minimum Gasteiger partial charge on any atom is -0.423 e. The van der Waals surface area contributed by atoms with Gasteiger partial charge in [0.05, 0.1) is 0 Å². The number of rotatable bonds is 4. The Morgan fingerprint density at radius 2 is 2.05 bits per heavy atom. The molecule has 3 aromatic rings. The highest BCUT2D eigenvalue weighted by molar-refractivity contribution is 5.92. The number of nitrogens with one attached hydrogen (secondary N) is 1. The number of carbonyl (C=O) groups is 1. The van der Waals surface area contributed by atoms with Gasteiger partial charge in [-0.1, -0.05) is 13.8 Å². The summed E-state index contributed by atoms with van der Waals surface area (Å²) in [4.78, 5) is 20.5. The topological polar surface area (TPSA) is 98.2 Å². The monoisotopic (exact) mass is 300 g/mol. The minimum atomic E-state index is -0.398. The molecule has 0 saturated heterocycles. The molecular formula is C14H16N6O2. The van der Waals surface area contributed by atoms with Gasteiger partial charge in [0, 0.05) is 24.5 Å². The van der Waals surface area contributed by atoms with Gasteiger partial charge >= 0.3 is 0 Å². The van der Waals surface area contributed by atoms with Gasteiger partial charge in [0.15, 0.2) is 0 Å². The first-order chi connectivity index (χ1) is 10.5. The fourth-order valence-corrected chi connectivity index (χ4v) is 1.93. The second-order valence-corrected chi connectivity index (χ2v) is 5.28. The van der Waals surface area contributed by atoms with Crippen molar-refractivity contribution in [1.82, 2.24) is 29.9 Å². The number of hydrogen-bond acceptors (Lipinski definition) is 6. The van der Waals surface area contributed by atoms with E-state index >= 15 is 0 Å². The number of nitrogens with zero attached hydrogens (tertiary/aromatic N) is 5. The highest BCUT2D eigenvalue weighted by Gasteiger charge is 2.19. The highest BCUT2D eigenvalue weighted by Crippen LogP contribution is 2.17. The van der Waals surface area contributed by atoms with Gasteiger partial charge in [-0.05, 0) is 13.0 Å². The van der Waals surface area contributed by atoms with E-state index in [1.54, 1.807) is 36.0 Å². The van der Waals surface area contributed by atoms with Gasteiger partial charge in [-0.2, -0.15) is 0 Å². The molecule has 1 unspecified atom stereocenters. The summed E-state index contributed by atoms with van der Waals surface area (Å²) in [5.74, 6) is 1.23. The number of imidazole rings is 1. The fraction of sp³-hybridized carbons (Fsp3) is 0.357. The van der Waals surface area contributed by atoms with Crippen molar-refractivity contribution in [3.63, 3.8) is 0 Å². The summed E-state index contributed by atoms with van der Waals surface area (Å²) in [6.45, 7) is 5.71. The van der Waals surface area contributed by atoms with Crippen LogP contribution in [0.25, 0.3) is 5.78 Å². The molecule has 8 heteroatoms. The Morgan fingerprint density at radius 3 is 2.73 bits per heavy atom. The van der Waals surface area contributed by atoms with Crippen LogP contribution >= 0.6 is 0 Å². The van der Waals surface area contributed by atoms with Crippen LogP contribution < -0.4 is 5.32 Å². The van der Waals surface area contributed by atoms with E-state index in [2.05, 4.69) is 25.5 Å². The summed E-state index contributed by atoms with van der Waals surface area (Å²) in [7, 11) is 0. The first-order valence-electron chi connectivity index (χ1n) is 6.98. The third-order valence-corrected chi connectivity index (χ3v) is 3.14. The lowest BCUT2D eigenvalue weighted by atomic mass is 10.2. The summed E-state index contributed by atoms with van der Waals surface area (Å²) in [5, 5.41) is 10.7. The summed E-state index contributed by atoms with van der Waals surface area (Å²) in [5.41, 5.74) is 0.286. The first-order valence-corrected chi connectivity index (χ1v) is 6.98. The van der Waals surface area contributed by atoms with E-state index in [9.17, 15) is 4.79 Å². The molecule has 8 nitrogen and oxygen atoms in total. The lowest BCUT2D eigenvalue weighted by Crippen LogP contribution is -2.27. The van der Waals surface area contributed by atoms with E-state index in [1.807, 2.05) is 13.8 Å². The van der Waals surface area contributed by atoms with E-state index in [0.717, 1.165) is 0 Å². The SMILES string of the molecule is CC(C)c1nnc(C(C)NC(=O)c2cn3cccnc3n2)o1. The van der Waals surface area contributed by atoms with Crippen LogP contribution in [0.15, 0.2) is 29.1 Å². The van der Waals surface area contributed by atoms with Gasteiger partial charge in [0.1, 0.15) is 11.7 Å². The maximum Gasteiger partial charge on any atom is 0.272 e. The number of fused-ring (bicyclic) bond motifs is 1. The van der Waals surface area contributed by atoms with E-state index in [0.29, 0.717) is 17.6 Å². The molecule has 1 N–H and O–H groups in total.